The minimum atomic E-state index is -3.57. The van der Waals surface area contributed by atoms with Gasteiger partial charge in [0.25, 0.3) is 0 Å². The van der Waals surface area contributed by atoms with Gasteiger partial charge in [-0.05, 0) is 67.6 Å². The molecule has 0 aromatic heterocycles. The second-order valence-electron chi connectivity index (χ2n) is 7.43. The maximum Gasteiger partial charge on any atom is 0.343 e. The minimum absolute atomic E-state index is 0.187. The monoisotopic (exact) mass is 443 g/mol. The minimum Gasteiger partial charge on any atom is -0.423 e. The number of allylic oxidation sites excluding steroid dienone is 2. The van der Waals surface area contributed by atoms with Gasteiger partial charge >= 0.3 is 5.97 Å². The van der Waals surface area contributed by atoms with Crippen molar-refractivity contribution in [3.63, 3.8) is 0 Å². The molecule has 2 aromatic rings. The molecule has 2 rings (SSSR count). The molecule has 0 aliphatic rings. The van der Waals surface area contributed by atoms with Crippen LogP contribution in [-0.4, -0.2) is 31.8 Å². The number of benzene rings is 2. The highest BCUT2D eigenvalue weighted by molar-refractivity contribution is 7.89. The third-order valence-corrected chi connectivity index (χ3v) is 6.70. The van der Waals surface area contributed by atoms with Crippen LogP contribution in [0.2, 0.25) is 0 Å². The molecule has 0 aliphatic carbocycles. The van der Waals surface area contributed by atoms with E-state index in [1.54, 1.807) is 12.1 Å². The summed E-state index contributed by atoms with van der Waals surface area (Å²) in [6, 6.07) is 13.3. The maximum atomic E-state index is 12.8. The highest BCUT2D eigenvalue weighted by atomic mass is 32.2. The Hall–Kier alpha value is -2.44. The summed E-state index contributed by atoms with van der Waals surface area (Å²) < 4.78 is 32.6. The molecule has 6 heteroatoms. The van der Waals surface area contributed by atoms with E-state index >= 15 is 0 Å². The van der Waals surface area contributed by atoms with E-state index in [9.17, 15) is 13.2 Å². The van der Waals surface area contributed by atoms with Crippen LogP contribution in [0.1, 0.15) is 62.4 Å². The largest absolute Gasteiger partial charge is 0.423 e. The second kappa shape index (κ2) is 12.4. The van der Waals surface area contributed by atoms with Crippen LogP contribution in [0.15, 0.2) is 65.6 Å². The maximum absolute atomic E-state index is 12.8. The molecule has 0 fully saturated rings. The average Bonchev–Trinajstić information content (AvgIpc) is 2.77. The van der Waals surface area contributed by atoms with E-state index in [2.05, 4.69) is 19.1 Å². The van der Waals surface area contributed by atoms with Crippen molar-refractivity contribution in [3.8, 4) is 5.75 Å². The summed E-state index contributed by atoms with van der Waals surface area (Å²) >= 11 is 0. The number of sulfonamides is 1. The predicted octanol–water partition coefficient (Wildman–Crippen LogP) is 5.62. The molecule has 0 N–H and O–H groups in total. The van der Waals surface area contributed by atoms with Crippen molar-refractivity contribution in [2.75, 3.05) is 13.1 Å². The third kappa shape index (κ3) is 7.33. The van der Waals surface area contributed by atoms with Crippen molar-refractivity contribution in [2.45, 2.75) is 57.8 Å². The Morgan fingerprint density at radius 3 is 2.03 bits per heavy atom. The van der Waals surface area contributed by atoms with E-state index in [-0.39, 0.29) is 4.90 Å². The lowest BCUT2D eigenvalue weighted by Crippen LogP contribution is -2.32. The van der Waals surface area contributed by atoms with E-state index in [0.29, 0.717) is 24.4 Å². The standard InChI is InChI=1S/C25H33NO4S/c1-4-7-8-9-10-21-11-15-23(16-12-21)30-25(27)22-13-17-24(18-14-22)31(28,29)26(19-5-2)20-6-3/h8-9,11-18H,4-7,10,19-20H2,1-3H3/b9-8+. The van der Waals surface area contributed by atoms with Gasteiger partial charge in [0.05, 0.1) is 10.5 Å². The Morgan fingerprint density at radius 2 is 1.48 bits per heavy atom. The number of ether oxygens (including phenoxy) is 1. The van der Waals surface area contributed by atoms with Gasteiger partial charge in [0.15, 0.2) is 0 Å². The fourth-order valence-electron chi connectivity index (χ4n) is 3.13. The number of hydrogen-bond donors (Lipinski definition) is 0. The van der Waals surface area contributed by atoms with Gasteiger partial charge in [-0.25, -0.2) is 13.2 Å². The summed E-state index contributed by atoms with van der Waals surface area (Å²) in [4.78, 5) is 12.6. The number of hydrogen-bond acceptors (Lipinski definition) is 4. The molecule has 168 valence electrons. The highest BCUT2D eigenvalue weighted by Gasteiger charge is 2.23. The van der Waals surface area contributed by atoms with Gasteiger partial charge in [0, 0.05) is 13.1 Å². The van der Waals surface area contributed by atoms with E-state index in [1.165, 1.54) is 28.6 Å². The summed E-state index contributed by atoms with van der Waals surface area (Å²) in [5, 5.41) is 0. The van der Waals surface area contributed by atoms with Gasteiger partial charge in [-0.15, -0.1) is 0 Å². The Bertz CT molecular complexity index is 942. The molecule has 0 saturated carbocycles. The quantitative estimate of drug-likeness (QED) is 0.243. The molecular weight excluding hydrogens is 410 g/mol. The van der Waals surface area contributed by atoms with Crippen LogP contribution in [0, 0.1) is 0 Å². The molecular formula is C25H33NO4S. The van der Waals surface area contributed by atoms with E-state index in [4.69, 9.17) is 4.74 Å². The van der Waals surface area contributed by atoms with Gasteiger partial charge in [-0.1, -0.05) is 51.5 Å². The van der Waals surface area contributed by atoms with Crippen LogP contribution < -0.4 is 4.74 Å². The average molecular weight is 444 g/mol. The number of carbonyl (C=O) groups is 1. The lowest BCUT2D eigenvalue weighted by molar-refractivity contribution is 0.0734. The van der Waals surface area contributed by atoms with Crippen molar-refractivity contribution in [1.29, 1.82) is 0 Å². The SMILES string of the molecule is CCC/C=C/Cc1ccc(OC(=O)c2ccc(S(=O)(=O)N(CCC)CCC)cc2)cc1. The molecule has 5 nitrogen and oxygen atoms in total. The van der Waals surface area contributed by atoms with Crippen LogP contribution in [0.4, 0.5) is 0 Å². The highest BCUT2D eigenvalue weighted by Crippen LogP contribution is 2.19. The number of nitrogens with zero attached hydrogens (tertiary/aromatic N) is 1. The van der Waals surface area contributed by atoms with Crippen molar-refractivity contribution in [3.05, 3.63) is 71.8 Å². The first-order valence-electron chi connectivity index (χ1n) is 11.0. The third-order valence-electron chi connectivity index (χ3n) is 4.78. The van der Waals surface area contributed by atoms with E-state index in [1.807, 2.05) is 26.0 Å². The second-order valence-corrected chi connectivity index (χ2v) is 9.36. The number of unbranched alkanes of at least 4 members (excludes halogenated alkanes) is 1. The first kappa shape index (κ1) is 24.8. The van der Waals surface area contributed by atoms with Crippen molar-refractivity contribution in [1.82, 2.24) is 4.31 Å². The van der Waals surface area contributed by atoms with Crippen molar-refractivity contribution >= 4 is 16.0 Å². The molecule has 0 bridgehead atoms. The van der Waals surface area contributed by atoms with Gasteiger partial charge < -0.3 is 4.74 Å². The van der Waals surface area contributed by atoms with Crippen LogP contribution >= 0.6 is 0 Å². The Labute approximate surface area is 186 Å². The summed E-state index contributed by atoms with van der Waals surface area (Å²) in [7, 11) is -3.57. The number of rotatable bonds is 12. The topological polar surface area (TPSA) is 63.7 Å². The molecule has 2 aromatic carbocycles. The molecule has 0 heterocycles. The van der Waals surface area contributed by atoms with Crippen LogP contribution in [0.5, 0.6) is 5.75 Å². The molecule has 31 heavy (non-hydrogen) atoms. The Morgan fingerprint density at radius 1 is 0.871 bits per heavy atom. The Kier molecular flexibility index (Phi) is 9.95. The van der Waals surface area contributed by atoms with Gasteiger partial charge in [0.1, 0.15) is 5.75 Å². The smallest absolute Gasteiger partial charge is 0.343 e. The normalized spacial score (nSPS) is 11.9. The number of carbonyl (C=O) groups excluding carboxylic acids is 1. The van der Waals surface area contributed by atoms with Gasteiger partial charge in [-0.2, -0.15) is 4.31 Å². The summed E-state index contributed by atoms with van der Waals surface area (Å²) in [6.45, 7) is 7.00. The molecule has 0 radical (unpaired) electrons. The van der Waals surface area contributed by atoms with Crippen molar-refractivity contribution < 1.29 is 17.9 Å². The molecule has 0 unspecified atom stereocenters. The zero-order chi connectivity index (χ0) is 22.7. The molecule has 0 atom stereocenters. The van der Waals surface area contributed by atoms with Crippen LogP contribution in [-0.2, 0) is 16.4 Å². The Balaban J connectivity index is 2.03. The van der Waals surface area contributed by atoms with Gasteiger partial charge in [0.2, 0.25) is 10.0 Å². The van der Waals surface area contributed by atoms with Crippen LogP contribution in [0.3, 0.4) is 0 Å². The molecule has 0 spiro atoms. The summed E-state index contributed by atoms with van der Waals surface area (Å²) in [6.07, 6.45) is 8.86. The fraction of sp³-hybridized carbons (Fsp3) is 0.400. The first-order chi connectivity index (χ1) is 14.9. The molecule has 0 aliphatic heterocycles. The molecule has 0 amide bonds. The van der Waals surface area contributed by atoms with E-state index < -0.39 is 16.0 Å². The van der Waals surface area contributed by atoms with Gasteiger partial charge in [-0.3, -0.25) is 0 Å². The van der Waals surface area contributed by atoms with Crippen LogP contribution in [0.25, 0.3) is 0 Å². The first-order valence-corrected chi connectivity index (χ1v) is 12.4. The summed E-state index contributed by atoms with van der Waals surface area (Å²) in [5.74, 6) is -0.0569. The van der Waals surface area contributed by atoms with Crippen molar-refractivity contribution in [2.24, 2.45) is 0 Å². The lowest BCUT2D eigenvalue weighted by atomic mass is 10.1. The predicted molar refractivity (Wildman–Crippen MR) is 125 cm³/mol. The van der Waals surface area contributed by atoms with E-state index in [0.717, 1.165) is 37.7 Å². The fourth-order valence-corrected chi connectivity index (χ4v) is 4.75. The lowest BCUT2D eigenvalue weighted by Gasteiger charge is -2.21. The number of esters is 1. The zero-order valence-electron chi connectivity index (χ0n) is 18.7. The zero-order valence-corrected chi connectivity index (χ0v) is 19.5. The molecule has 0 saturated heterocycles. The summed E-state index contributed by atoms with van der Waals surface area (Å²) in [5.41, 5.74) is 1.45.